The Hall–Kier alpha value is -0.770. The highest BCUT2D eigenvalue weighted by Gasteiger charge is 2.17. The molecule has 0 bridgehead atoms. The number of hydrogen-bond acceptors (Lipinski definition) is 3. The lowest BCUT2D eigenvalue weighted by Gasteiger charge is -2.20. The largest absolute Gasteiger partial charge is 0.444 e. The van der Waals surface area contributed by atoms with E-state index in [1.807, 2.05) is 20.8 Å². The highest BCUT2D eigenvalue weighted by molar-refractivity contribution is 5.67. The predicted octanol–water partition coefficient (Wildman–Crippen LogP) is 1.51. The Bertz CT molecular complexity index is 205. The van der Waals surface area contributed by atoms with E-state index < -0.39 is 5.60 Å². The molecule has 1 fully saturated rings. The van der Waals surface area contributed by atoms with Crippen molar-refractivity contribution in [2.24, 2.45) is 5.92 Å². The molecule has 0 aliphatic carbocycles. The van der Waals surface area contributed by atoms with Gasteiger partial charge < -0.3 is 15.4 Å². The lowest BCUT2D eigenvalue weighted by molar-refractivity contribution is 0.0525. The van der Waals surface area contributed by atoms with Crippen molar-refractivity contribution in [3.8, 4) is 0 Å². The zero-order chi connectivity index (χ0) is 11.3. The molecule has 0 unspecified atom stereocenters. The molecule has 1 atom stereocenters. The van der Waals surface area contributed by atoms with E-state index in [2.05, 4.69) is 10.6 Å². The van der Waals surface area contributed by atoms with Crippen molar-refractivity contribution in [1.29, 1.82) is 0 Å². The van der Waals surface area contributed by atoms with Crippen molar-refractivity contribution in [3.63, 3.8) is 0 Å². The van der Waals surface area contributed by atoms with E-state index >= 15 is 0 Å². The average Bonchev–Trinajstić information content (AvgIpc) is 2.53. The number of hydrogen-bond donors (Lipinski definition) is 2. The standard InChI is InChI=1S/C11H22N2O2/c1-11(2,3)15-10(14)13-7-5-9-4-6-12-8-9/h9,12H,4-8H2,1-3H3,(H,13,14)/t9-/m1/s1. The predicted molar refractivity (Wildman–Crippen MR) is 59.8 cm³/mol. The van der Waals surface area contributed by atoms with Gasteiger partial charge in [-0.2, -0.15) is 0 Å². The molecule has 0 spiro atoms. The van der Waals surface area contributed by atoms with E-state index in [1.165, 1.54) is 6.42 Å². The highest BCUT2D eigenvalue weighted by atomic mass is 16.6. The van der Waals surface area contributed by atoms with Gasteiger partial charge >= 0.3 is 6.09 Å². The fourth-order valence-electron chi connectivity index (χ4n) is 1.65. The summed E-state index contributed by atoms with van der Waals surface area (Å²) in [5.74, 6) is 0.708. The molecule has 4 nitrogen and oxygen atoms in total. The van der Waals surface area contributed by atoms with E-state index in [1.54, 1.807) is 0 Å². The zero-order valence-corrected chi connectivity index (χ0v) is 9.93. The van der Waals surface area contributed by atoms with Gasteiger partial charge in [-0.15, -0.1) is 0 Å². The first-order chi connectivity index (χ1) is 6.97. The molecule has 0 aromatic carbocycles. The van der Waals surface area contributed by atoms with Gasteiger partial charge in [0.2, 0.25) is 0 Å². The third-order valence-electron chi connectivity index (χ3n) is 2.38. The summed E-state index contributed by atoms with van der Waals surface area (Å²) in [6.45, 7) is 8.50. The Balaban J connectivity index is 2.06. The Morgan fingerprint density at radius 1 is 1.53 bits per heavy atom. The molecule has 0 saturated carbocycles. The Morgan fingerprint density at radius 3 is 2.80 bits per heavy atom. The Morgan fingerprint density at radius 2 is 2.27 bits per heavy atom. The number of carbonyl (C=O) groups excluding carboxylic acids is 1. The van der Waals surface area contributed by atoms with Crippen LogP contribution in [-0.2, 0) is 4.74 Å². The first kappa shape index (κ1) is 12.3. The van der Waals surface area contributed by atoms with Crippen molar-refractivity contribution in [2.45, 2.75) is 39.2 Å². The normalized spacial score (nSPS) is 21.4. The summed E-state index contributed by atoms with van der Waals surface area (Å²) in [5, 5.41) is 6.08. The third-order valence-corrected chi connectivity index (χ3v) is 2.38. The Labute approximate surface area is 91.8 Å². The lowest BCUT2D eigenvalue weighted by atomic mass is 10.1. The highest BCUT2D eigenvalue weighted by Crippen LogP contribution is 2.11. The first-order valence-corrected chi connectivity index (χ1v) is 5.65. The minimum atomic E-state index is -0.404. The van der Waals surface area contributed by atoms with Crippen molar-refractivity contribution in [2.75, 3.05) is 19.6 Å². The van der Waals surface area contributed by atoms with E-state index in [0.29, 0.717) is 12.5 Å². The van der Waals surface area contributed by atoms with E-state index in [4.69, 9.17) is 4.74 Å². The summed E-state index contributed by atoms with van der Waals surface area (Å²) in [6.07, 6.45) is 1.94. The molecule has 1 aliphatic heterocycles. The fraction of sp³-hybridized carbons (Fsp3) is 0.909. The third kappa shape index (κ3) is 5.62. The molecule has 1 saturated heterocycles. The topological polar surface area (TPSA) is 50.4 Å². The number of amides is 1. The molecule has 88 valence electrons. The second-order valence-electron chi connectivity index (χ2n) is 5.08. The SMILES string of the molecule is CC(C)(C)OC(=O)NCC[C@H]1CCNC1. The van der Waals surface area contributed by atoms with Gasteiger partial charge in [0, 0.05) is 6.54 Å². The fourth-order valence-corrected chi connectivity index (χ4v) is 1.65. The second-order valence-corrected chi connectivity index (χ2v) is 5.08. The van der Waals surface area contributed by atoms with Crippen LogP contribution < -0.4 is 10.6 Å². The molecular weight excluding hydrogens is 192 g/mol. The molecule has 2 N–H and O–H groups in total. The van der Waals surface area contributed by atoms with Gasteiger partial charge in [-0.3, -0.25) is 0 Å². The molecule has 0 aromatic heterocycles. The maximum atomic E-state index is 11.3. The first-order valence-electron chi connectivity index (χ1n) is 5.65. The number of alkyl carbamates (subject to hydrolysis) is 1. The summed E-state index contributed by atoms with van der Waals surface area (Å²) in [7, 11) is 0. The van der Waals surface area contributed by atoms with Crippen LogP contribution in [0.5, 0.6) is 0 Å². The van der Waals surface area contributed by atoms with Crippen molar-refractivity contribution < 1.29 is 9.53 Å². The summed E-state index contributed by atoms with van der Waals surface area (Å²) >= 11 is 0. The molecular formula is C11H22N2O2. The van der Waals surface area contributed by atoms with Gasteiger partial charge in [0.15, 0.2) is 0 Å². The maximum absolute atomic E-state index is 11.3. The molecule has 1 rings (SSSR count). The molecule has 1 amide bonds. The van der Waals surface area contributed by atoms with E-state index in [9.17, 15) is 4.79 Å². The van der Waals surface area contributed by atoms with Gasteiger partial charge in [0.1, 0.15) is 5.60 Å². The van der Waals surface area contributed by atoms with Crippen LogP contribution in [0.1, 0.15) is 33.6 Å². The van der Waals surface area contributed by atoms with Crippen molar-refractivity contribution in [1.82, 2.24) is 10.6 Å². The molecule has 0 radical (unpaired) electrons. The number of carbonyl (C=O) groups is 1. The smallest absolute Gasteiger partial charge is 0.407 e. The van der Waals surface area contributed by atoms with Crippen LogP contribution in [0.3, 0.4) is 0 Å². The lowest BCUT2D eigenvalue weighted by Crippen LogP contribution is -2.33. The average molecular weight is 214 g/mol. The van der Waals surface area contributed by atoms with Gasteiger partial charge in [-0.1, -0.05) is 0 Å². The number of nitrogens with one attached hydrogen (secondary N) is 2. The van der Waals surface area contributed by atoms with Crippen LogP contribution in [0.4, 0.5) is 4.79 Å². The molecule has 1 aliphatic rings. The summed E-state index contributed by atoms with van der Waals surface area (Å²) in [6, 6.07) is 0. The second kappa shape index (κ2) is 5.35. The minimum absolute atomic E-state index is 0.312. The summed E-state index contributed by atoms with van der Waals surface area (Å²) in [4.78, 5) is 11.3. The number of ether oxygens (including phenoxy) is 1. The van der Waals surface area contributed by atoms with E-state index in [-0.39, 0.29) is 6.09 Å². The van der Waals surface area contributed by atoms with Gasteiger partial charge in [-0.25, -0.2) is 4.79 Å². The van der Waals surface area contributed by atoms with Crippen LogP contribution in [-0.4, -0.2) is 31.3 Å². The van der Waals surface area contributed by atoms with Crippen LogP contribution in [0.25, 0.3) is 0 Å². The molecule has 0 aromatic rings. The van der Waals surface area contributed by atoms with Crippen molar-refractivity contribution >= 4 is 6.09 Å². The van der Waals surface area contributed by atoms with Gasteiger partial charge in [-0.05, 0) is 52.6 Å². The molecule has 4 heteroatoms. The zero-order valence-electron chi connectivity index (χ0n) is 9.93. The van der Waals surface area contributed by atoms with Crippen molar-refractivity contribution in [3.05, 3.63) is 0 Å². The monoisotopic (exact) mass is 214 g/mol. The molecule has 1 heterocycles. The number of rotatable bonds is 3. The summed E-state index contributed by atoms with van der Waals surface area (Å²) < 4.78 is 5.14. The molecule has 15 heavy (non-hydrogen) atoms. The van der Waals surface area contributed by atoms with Gasteiger partial charge in [0.25, 0.3) is 0 Å². The minimum Gasteiger partial charge on any atom is -0.444 e. The van der Waals surface area contributed by atoms with Crippen LogP contribution in [0.2, 0.25) is 0 Å². The van der Waals surface area contributed by atoms with E-state index in [0.717, 1.165) is 19.5 Å². The van der Waals surface area contributed by atoms with Crippen LogP contribution in [0, 0.1) is 5.92 Å². The van der Waals surface area contributed by atoms with Crippen LogP contribution in [0.15, 0.2) is 0 Å². The quantitative estimate of drug-likeness (QED) is 0.748. The Kier molecular flexibility index (Phi) is 4.39. The summed E-state index contributed by atoms with van der Waals surface area (Å²) in [5.41, 5.74) is -0.404. The van der Waals surface area contributed by atoms with Crippen LogP contribution >= 0.6 is 0 Å². The van der Waals surface area contributed by atoms with Gasteiger partial charge in [0.05, 0.1) is 0 Å². The maximum Gasteiger partial charge on any atom is 0.407 e.